The van der Waals surface area contributed by atoms with Crippen molar-refractivity contribution in [1.82, 2.24) is 9.78 Å². The number of rotatable bonds is 4. The Morgan fingerprint density at radius 2 is 1.88 bits per heavy atom. The van der Waals surface area contributed by atoms with Crippen LogP contribution >= 0.6 is 0 Å². The second-order valence-electron chi connectivity index (χ2n) is 5.70. The molecule has 0 saturated heterocycles. The van der Waals surface area contributed by atoms with Crippen LogP contribution in [-0.4, -0.2) is 39.6 Å². The highest BCUT2D eigenvalue weighted by Gasteiger charge is 2.20. The van der Waals surface area contributed by atoms with Crippen molar-refractivity contribution in [3.05, 3.63) is 63.8 Å². The van der Waals surface area contributed by atoms with Gasteiger partial charge in [0.25, 0.3) is 0 Å². The number of nitro groups is 1. The second-order valence-corrected chi connectivity index (χ2v) is 5.70. The van der Waals surface area contributed by atoms with E-state index in [2.05, 4.69) is 5.10 Å². The van der Waals surface area contributed by atoms with E-state index in [1.54, 1.807) is 10.7 Å². The Bertz CT molecular complexity index is 916. The zero-order valence-electron chi connectivity index (χ0n) is 13.6. The van der Waals surface area contributed by atoms with Crippen LogP contribution in [0.3, 0.4) is 0 Å². The van der Waals surface area contributed by atoms with Crippen LogP contribution in [0.15, 0.2) is 47.0 Å². The molecule has 3 rings (SSSR count). The van der Waals surface area contributed by atoms with Crippen LogP contribution < -0.4 is 0 Å². The van der Waals surface area contributed by atoms with E-state index in [-0.39, 0.29) is 5.88 Å². The molecule has 0 bridgehead atoms. The minimum atomic E-state index is -0.560. The molecular formula is C17H17N4O3+. The monoisotopic (exact) mass is 325 g/mol. The van der Waals surface area contributed by atoms with E-state index in [9.17, 15) is 10.1 Å². The van der Waals surface area contributed by atoms with Crippen LogP contribution in [-0.2, 0) is 0 Å². The van der Waals surface area contributed by atoms with Gasteiger partial charge in [-0.25, -0.2) is 9.26 Å². The average molecular weight is 325 g/mol. The lowest BCUT2D eigenvalue weighted by Crippen LogP contribution is -1.99. The Labute approximate surface area is 138 Å². The van der Waals surface area contributed by atoms with Gasteiger partial charge >= 0.3 is 5.88 Å². The molecule has 7 heteroatoms. The summed E-state index contributed by atoms with van der Waals surface area (Å²) in [5.41, 5.74) is 3.43. The van der Waals surface area contributed by atoms with Gasteiger partial charge in [0.05, 0.1) is 17.3 Å². The van der Waals surface area contributed by atoms with Crippen LogP contribution in [0.4, 0.5) is 5.88 Å². The topological polar surface area (TPSA) is 77.1 Å². The number of hydrogen-bond acceptors (Lipinski definition) is 4. The molecule has 0 spiro atoms. The summed E-state index contributed by atoms with van der Waals surface area (Å²) in [6.45, 7) is 2.02. The van der Waals surface area contributed by atoms with E-state index in [1.807, 2.05) is 62.3 Å². The molecule has 0 saturated carbocycles. The van der Waals surface area contributed by atoms with E-state index in [4.69, 9.17) is 4.42 Å². The van der Waals surface area contributed by atoms with Gasteiger partial charge in [-0.1, -0.05) is 17.7 Å². The zero-order chi connectivity index (χ0) is 17.3. The van der Waals surface area contributed by atoms with Crippen LogP contribution in [0, 0.1) is 17.0 Å². The first-order valence-corrected chi connectivity index (χ1v) is 7.36. The molecule has 24 heavy (non-hydrogen) atoms. The van der Waals surface area contributed by atoms with Gasteiger partial charge in [-0.15, -0.1) is 0 Å². The summed E-state index contributed by atoms with van der Waals surface area (Å²) in [4.78, 5) is 10.3. The first-order valence-electron chi connectivity index (χ1n) is 7.36. The van der Waals surface area contributed by atoms with E-state index in [1.165, 1.54) is 6.07 Å². The summed E-state index contributed by atoms with van der Waals surface area (Å²) in [6, 6.07) is 10.8. The molecule has 122 valence electrons. The summed E-state index contributed by atoms with van der Waals surface area (Å²) in [5.74, 6) is 0.0614. The van der Waals surface area contributed by atoms with Gasteiger partial charge in [0, 0.05) is 6.20 Å². The van der Waals surface area contributed by atoms with Crippen molar-refractivity contribution < 1.29 is 13.9 Å². The Morgan fingerprint density at radius 3 is 2.46 bits per heavy atom. The van der Waals surface area contributed by atoms with Crippen molar-refractivity contribution in [3.8, 4) is 17.1 Å². The third-order valence-electron chi connectivity index (χ3n) is 3.44. The van der Waals surface area contributed by atoms with Gasteiger partial charge in [0.2, 0.25) is 0 Å². The van der Waals surface area contributed by atoms with Crippen LogP contribution in [0.2, 0.25) is 0 Å². The predicted molar refractivity (Wildman–Crippen MR) is 89.9 cm³/mol. The van der Waals surface area contributed by atoms with Crippen molar-refractivity contribution >= 4 is 12.1 Å². The molecule has 0 amide bonds. The molecule has 0 radical (unpaired) electrons. The summed E-state index contributed by atoms with van der Waals surface area (Å²) >= 11 is 0. The first-order chi connectivity index (χ1) is 11.4. The smallest absolute Gasteiger partial charge is 0.399 e. The highest BCUT2D eigenvalue weighted by atomic mass is 16.6. The molecule has 3 aromatic rings. The van der Waals surface area contributed by atoms with Crippen molar-refractivity contribution in [1.29, 1.82) is 0 Å². The Kier molecular flexibility index (Phi) is 3.99. The molecular weight excluding hydrogens is 308 g/mol. The minimum Gasteiger partial charge on any atom is -0.399 e. The Hall–Kier alpha value is -3.22. The standard InChI is InChI=1S/C17H17N4O3/c1-12-4-6-14(7-5-12)20-11-13(10-19(2)3)17(18-20)15-8-9-16(24-15)21(22)23/h4-11H,1-3H3/q+1. The molecule has 7 nitrogen and oxygen atoms in total. The molecule has 0 aliphatic carbocycles. The largest absolute Gasteiger partial charge is 0.433 e. The molecule has 0 fully saturated rings. The lowest BCUT2D eigenvalue weighted by Gasteiger charge is -2.00. The van der Waals surface area contributed by atoms with Crippen molar-refractivity contribution in [2.24, 2.45) is 0 Å². The average Bonchev–Trinajstić information content (AvgIpc) is 3.14. The minimum absolute atomic E-state index is 0.300. The third kappa shape index (κ3) is 3.10. The van der Waals surface area contributed by atoms with Crippen molar-refractivity contribution in [2.45, 2.75) is 6.92 Å². The van der Waals surface area contributed by atoms with Crippen molar-refractivity contribution in [2.75, 3.05) is 14.1 Å². The van der Waals surface area contributed by atoms with E-state index >= 15 is 0 Å². The summed E-state index contributed by atoms with van der Waals surface area (Å²) < 4.78 is 8.93. The zero-order valence-corrected chi connectivity index (χ0v) is 13.6. The fourth-order valence-electron chi connectivity index (χ4n) is 2.33. The predicted octanol–water partition coefficient (Wildman–Crippen LogP) is 3.04. The van der Waals surface area contributed by atoms with Gasteiger partial charge in [-0.05, 0) is 25.1 Å². The highest BCUT2D eigenvalue weighted by Crippen LogP contribution is 2.27. The summed E-state index contributed by atoms with van der Waals surface area (Å²) in [5, 5.41) is 15.4. The van der Waals surface area contributed by atoms with Crippen molar-refractivity contribution in [3.63, 3.8) is 0 Å². The fourth-order valence-corrected chi connectivity index (χ4v) is 2.33. The van der Waals surface area contributed by atoms with Crippen LogP contribution in [0.5, 0.6) is 0 Å². The van der Waals surface area contributed by atoms with Gasteiger partial charge in [0.15, 0.2) is 12.0 Å². The van der Waals surface area contributed by atoms with Gasteiger partial charge in [0.1, 0.15) is 24.7 Å². The molecule has 1 aromatic carbocycles. The molecule has 0 aliphatic rings. The number of furan rings is 1. The molecule has 0 unspecified atom stereocenters. The number of aryl methyl sites for hydroxylation is 1. The number of nitrogens with zero attached hydrogens (tertiary/aromatic N) is 4. The Balaban J connectivity index is 2.11. The first kappa shape index (κ1) is 15.7. The lowest BCUT2D eigenvalue weighted by atomic mass is 10.2. The van der Waals surface area contributed by atoms with Crippen LogP contribution in [0.25, 0.3) is 17.1 Å². The Morgan fingerprint density at radius 1 is 1.17 bits per heavy atom. The molecule has 0 atom stereocenters. The van der Waals surface area contributed by atoms with Gasteiger partial charge in [-0.2, -0.15) is 5.10 Å². The molecule has 0 N–H and O–H groups in total. The van der Waals surface area contributed by atoms with Crippen LogP contribution in [0.1, 0.15) is 11.1 Å². The maximum absolute atomic E-state index is 10.8. The normalized spacial score (nSPS) is 10.6. The molecule has 0 aliphatic heterocycles. The summed E-state index contributed by atoms with van der Waals surface area (Å²) in [7, 11) is 3.80. The van der Waals surface area contributed by atoms with Gasteiger partial charge in [-0.3, -0.25) is 10.1 Å². The number of aromatic nitrogens is 2. The number of hydrogen-bond donors (Lipinski definition) is 0. The number of benzene rings is 1. The fraction of sp³-hybridized carbons (Fsp3) is 0.176. The lowest BCUT2D eigenvalue weighted by molar-refractivity contribution is -0.458. The molecule has 2 aromatic heterocycles. The maximum atomic E-state index is 10.8. The highest BCUT2D eigenvalue weighted by molar-refractivity contribution is 5.85. The third-order valence-corrected chi connectivity index (χ3v) is 3.44. The quantitative estimate of drug-likeness (QED) is 0.320. The van der Waals surface area contributed by atoms with E-state index in [0.29, 0.717) is 11.5 Å². The van der Waals surface area contributed by atoms with Gasteiger partial charge < -0.3 is 4.42 Å². The van der Waals surface area contributed by atoms with E-state index in [0.717, 1.165) is 16.8 Å². The van der Waals surface area contributed by atoms with E-state index < -0.39 is 4.92 Å². The SMILES string of the molecule is Cc1ccc(-n2cc(C=[N+](C)C)c(-c3ccc([N+](=O)[O-])o3)n2)cc1. The summed E-state index contributed by atoms with van der Waals surface area (Å²) in [6.07, 6.45) is 3.76. The molecule has 2 heterocycles. The maximum Gasteiger partial charge on any atom is 0.433 e. The second kappa shape index (κ2) is 6.11.